The highest BCUT2D eigenvalue weighted by atomic mass is 35.5. The number of carbonyl (C=O) groups excluding carboxylic acids is 1. The molecule has 29 heavy (non-hydrogen) atoms. The fraction of sp³-hybridized carbons (Fsp3) is 0.435. The average molecular weight is 455 g/mol. The summed E-state index contributed by atoms with van der Waals surface area (Å²) in [4.78, 5) is 12.4. The summed E-state index contributed by atoms with van der Waals surface area (Å²) in [5.41, 5.74) is 7.98. The lowest BCUT2D eigenvalue weighted by molar-refractivity contribution is -0.128. The van der Waals surface area contributed by atoms with E-state index in [9.17, 15) is 4.79 Å². The van der Waals surface area contributed by atoms with E-state index in [1.807, 2.05) is 43.3 Å². The number of methoxy groups -OCH3 is 1. The van der Waals surface area contributed by atoms with Crippen LogP contribution in [0.3, 0.4) is 0 Å². The third-order valence-electron chi connectivity index (χ3n) is 6.24. The molecule has 0 saturated heterocycles. The molecule has 156 valence electrons. The van der Waals surface area contributed by atoms with Gasteiger partial charge in [-0.25, -0.2) is 0 Å². The molecule has 2 N–H and O–H groups in total. The van der Waals surface area contributed by atoms with Gasteiger partial charge in [0.15, 0.2) is 0 Å². The monoisotopic (exact) mass is 453 g/mol. The molecule has 6 heteroatoms. The molecule has 0 unspecified atom stereocenters. The largest absolute Gasteiger partial charge is 0.384 e. The first-order valence-electron chi connectivity index (χ1n) is 9.74. The van der Waals surface area contributed by atoms with Crippen molar-refractivity contribution in [2.75, 3.05) is 13.7 Å². The van der Waals surface area contributed by atoms with Crippen molar-refractivity contribution in [3.05, 3.63) is 68.7 Å². The molecule has 3 rings (SSSR count). The zero-order valence-corrected chi connectivity index (χ0v) is 18.8. The van der Waals surface area contributed by atoms with E-state index in [2.05, 4.69) is 0 Å². The molecule has 0 spiro atoms. The van der Waals surface area contributed by atoms with Crippen molar-refractivity contribution < 1.29 is 9.53 Å². The van der Waals surface area contributed by atoms with Crippen LogP contribution in [0, 0.1) is 11.3 Å². The van der Waals surface area contributed by atoms with Gasteiger partial charge in [-0.3, -0.25) is 0 Å². The Bertz CT molecular complexity index is 856. The summed E-state index contributed by atoms with van der Waals surface area (Å²) in [7, 11) is 1.63. The van der Waals surface area contributed by atoms with E-state index in [4.69, 9.17) is 45.3 Å². The van der Waals surface area contributed by atoms with Gasteiger partial charge in [-0.15, -0.1) is 0 Å². The maximum Gasteiger partial charge on any atom is 0.128 e. The summed E-state index contributed by atoms with van der Waals surface area (Å²) >= 11 is 18.9. The van der Waals surface area contributed by atoms with Gasteiger partial charge in [-0.2, -0.15) is 0 Å². The predicted octanol–water partition coefficient (Wildman–Crippen LogP) is 6.10. The smallest absolute Gasteiger partial charge is 0.128 e. The Morgan fingerprint density at radius 2 is 1.83 bits per heavy atom. The number of halogens is 3. The average Bonchev–Trinajstić information content (AvgIpc) is 2.68. The molecule has 0 aliphatic heterocycles. The fourth-order valence-corrected chi connectivity index (χ4v) is 5.79. The first kappa shape index (κ1) is 22.6. The zero-order chi connectivity index (χ0) is 21.2. The lowest BCUT2D eigenvalue weighted by Gasteiger charge is -2.50. The van der Waals surface area contributed by atoms with Crippen LogP contribution in [0.15, 0.2) is 42.5 Å². The highest BCUT2D eigenvalue weighted by molar-refractivity contribution is 6.35. The first-order chi connectivity index (χ1) is 13.8. The number of aldehydes is 1. The van der Waals surface area contributed by atoms with Gasteiger partial charge in [-0.1, -0.05) is 53.0 Å². The van der Waals surface area contributed by atoms with Crippen LogP contribution in [0.4, 0.5) is 0 Å². The van der Waals surface area contributed by atoms with Crippen LogP contribution in [0.2, 0.25) is 15.1 Å². The Morgan fingerprint density at radius 3 is 2.38 bits per heavy atom. The van der Waals surface area contributed by atoms with Gasteiger partial charge >= 0.3 is 0 Å². The second kappa shape index (κ2) is 9.36. The molecule has 3 nitrogen and oxygen atoms in total. The van der Waals surface area contributed by atoms with Gasteiger partial charge < -0.3 is 15.3 Å². The molecule has 5 atom stereocenters. The maximum absolute atomic E-state index is 12.4. The summed E-state index contributed by atoms with van der Waals surface area (Å²) in [6.45, 7) is 2.31. The van der Waals surface area contributed by atoms with Gasteiger partial charge in [0.05, 0.1) is 12.0 Å². The minimum Gasteiger partial charge on any atom is -0.384 e. The normalized spacial score (nSPS) is 28.1. The Labute approximate surface area is 187 Å². The van der Waals surface area contributed by atoms with E-state index in [1.165, 1.54) is 0 Å². The molecule has 1 fully saturated rings. The third kappa shape index (κ3) is 4.50. The molecule has 1 aliphatic rings. The number of benzene rings is 2. The Morgan fingerprint density at radius 1 is 1.17 bits per heavy atom. The molecule has 2 aromatic carbocycles. The van der Waals surface area contributed by atoms with Crippen molar-refractivity contribution in [3.63, 3.8) is 0 Å². The van der Waals surface area contributed by atoms with Crippen LogP contribution in [0.1, 0.15) is 42.7 Å². The Balaban J connectivity index is 2.18. The van der Waals surface area contributed by atoms with Crippen LogP contribution in [0.25, 0.3) is 0 Å². The summed E-state index contributed by atoms with van der Waals surface area (Å²) < 4.78 is 5.49. The van der Waals surface area contributed by atoms with Crippen molar-refractivity contribution in [2.24, 2.45) is 17.1 Å². The van der Waals surface area contributed by atoms with E-state index in [0.717, 1.165) is 23.8 Å². The number of carbonyl (C=O) groups is 1. The molecule has 0 heterocycles. The third-order valence-corrected chi connectivity index (χ3v) is 7.05. The van der Waals surface area contributed by atoms with Crippen LogP contribution in [0.5, 0.6) is 0 Å². The molecule has 0 radical (unpaired) electrons. The summed E-state index contributed by atoms with van der Waals surface area (Å²) in [5.74, 6) is -0.0338. The molecule has 0 amide bonds. The molecular weight excluding hydrogens is 429 g/mol. The van der Waals surface area contributed by atoms with Crippen LogP contribution in [-0.2, 0) is 9.53 Å². The number of nitrogens with two attached hydrogens (primary N) is 1. The Kier molecular flexibility index (Phi) is 7.29. The SMILES string of the molecule is COC[C@@]1(C=O)CC[C@@H](c2ccc(Cl)cc2Cl)[C@H](c2ccc(Cl)cc2)[C@@H]1[C@@H](C)N. The van der Waals surface area contributed by atoms with Crippen molar-refractivity contribution in [1.82, 2.24) is 0 Å². The fourth-order valence-electron chi connectivity index (χ4n) is 5.11. The second-order valence-electron chi connectivity index (χ2n) is 8.06. The van der Waals surface area contributed by atoms with Gasteiger partial charge in [-0.05, 0) is 72.9 Å². The molecule has 0 bridgehead atoms. The summed E-state index contributed by atoms with van der Waals surface area (Å²) in [5, 5.41) is 1.90. The van der Waals surface area contributed by atoms with Gasteiger partial charge in [0.1, 0.15) is 6.29 Å². The number of rotatable bonds is 6. The lowest BCUT2D eigenvalue weighted by atomic mass is 9.54. The zero-order valence-electron chi connectivity index (χ0n) is 16.6. The van der Waals surface area contributed by atoms with Crippen LogP contribution < -0.4 is 5.73 Å². The van der Waals surface area contributed by atoms with Crippen LogP contribution in [-0.4, -0.2) is 26.0 Å². The molecular formula is C23H26Cl3NO2. The number of ether oxygens (including phenoxy) is 1. The molecule has 1 aliphatic carbocycles. The highest BCUT2D eigenvalue weighted by Crippen LogP contribution is 2.56. The van der Waals surface area contributed by atoms with E-state index in [0.29, 0.717) is 28.1 Å². The van der Waals surface area contributed by atoms with E-state index < -0.39 is 5.41 Å². The van der Waals surface area contributed by atoms with Crippen LogP contribution >= 0.6 is 34.8 Å². The molecule has 2 aromatic rings. The minimum absolute atomic E-state index is 0.0138. The van der Waals surface area contributed by atoms with E-state index in [-0.39, 0.29) is 23.8 Å². The molecule has 0 aromatic heterocycles. The molecule has 1 saturated carbocycles. The number of hydrogen-bond acceptors (Lipinski definition) is 3. The van der Waals surface area contributed by atoms with Crippen molar-refractivity contribution in [1.29, 1.82) is 0 Å². The van der Waals surface area contributed by atoms with Gasteiger partial charge in [0, 0.05) is 28.2 Å². The Hall–Kier alpha value is -1.10. The predicted molar refractivity (Wildman–Crippen MR) is 120 cm³/mol. The quantitative estimate of drug-likeness (QED) is 0.536. The van der Waals surface area contributed by atoms with Gasteiger partial charge in [0.2, 0.25) is 0 Å². The van der Waals surface area contributed by atoms with Crippen molar-refractivity contribution in [3.8, 4) is 0 Å². The topological polar surface area (TPSA) is 52.3 Å². The lowest BCUT2D eigenvalue weighted by Crippen LogP contribution is -2.52. The maximum atomic E-state index is 12.4. The van der Waals surface area contributed by atoms with Gasteiger partial charge in [0.25, 0.3) is 0 Å². The minimum atomic E-state index is -0.650. The summed E-state index contributed by atoms with van der Waals surface area (Å²) in [6, 6.07) is 13.2. The van der Waals surface area contributed by atoms with Crippen molar-refractivity contribution in [2.45, 2.75) is 37.6 Å². The highest BCUT2D eigenvalue weighted by Gasteiger charge is 2.52. The standard InChI is InChI=1S/C23H26Cl3NO2/c1-14(27)22-21(15-3-5-16(24)6-4-15)19(9-10-23(22,12-28)13-29-2)18-8-7-17(25)11-20(18)26/h3-8,11-12,14,19,21-22H,9-10,13,27H2,1-2H3/t14-,19+,21+,22+,23+/m1/s1. The van der Waals surface area contributed by atoms with Crippen molar-refractivity contribution >= 4 is 41.1 Å². The number of hydrogen-bond donors (Lipinski definition) is 1. The summed E-state index contributed by atoms with van der Waals surface area (Å²) in [6.07, 6.45) is 2.53. The second-order valence-corrected chi connectivity index (χ2v) is 9.34. The van der Waals surface area contributed by atoms with E-state index in [1.54, 1.807) is 13.2 Å². The first-order valence-corrected chi connectivity index (χ1v) is 10.9. The van der Waals surface area contributed by atoms with E-state index >= 15 is 0 Å².